The second-order valence-corrected chi connectivity index (χ2v) is 3.39. The first kappa shape index (κ1) is 10.8. The van der Waals surface area contributed by atoms with Crippen molar-refractivity contribution in [2.45, 2.75) is 13.5 Å². The van der Waals surface area contributed by atoms with Gasteiger partial charge in [0, 0.05) is 11.9 Å². The van der Waals surface area contributed by atoms with Crippen LogP contribution in [0.15, 0.2) is 37.0 Å². The van der Waals surface area contributed by atoms with Crippen molar-refractivity contribution in [3.05, 3.63) is 47.6 Å². The van der Waals surface area contributed by atoms with Crippen LogP contribution in [0.25, 0.3) is 0 Å². The third kappa shape index (κ3) is 2.89. The summed E-state index contributed by atoms with van der Waals surface area (Å²) in [6.45, 7) is 5.62. The van der Waals surface area contributed by atoms with Crippen molar-refractivity contribution in [1.29, 1.82) is 0 Å². The Morgan fingerprint density at radius 1 is 1.50 bits per heavy atom. The van der Waals surface area contributed by atoms with Crippen LogP contribution in [0.1, 0.15) is 12.5 Å². The Bertz CT molecular complexity index is 332. The minimum atomic E-state index is -0.0186. The van der Waals surface area contributed by atoms with Crippen LogP contribution in [-0.2, 0) is 11.3 Å². The molecule has 0 saturated carbocycles. The summed E-state index contributed by atoms with van der Waals surface area (Å²) in [5.41, 5.74) is 1.03. The van der Waals surface area contributed by atoms with Crippen molar-refractivity contribution < 1.29 is 4.79 Å². The third-order valence-corrected chi connectivity index (χ3v) is 2.14. The summed E-state index contributed by atoms with van der Waals surface area (Å²) in [4.78, 5) is 12.6. The standard InChI is InChI=1S/C11H12ClNO/c1-3-13(9(2)14)8-10-4-6-11(12)7-5-10/h3-7H,1,8H2,2H3. The van der Waals surface area contributed by atoms with Gasteiger partial charge in [-0.15, -0.1) is 0 Å². The molecule has 0 unspecified atom stereocenters. The fraction of sp³-hybridized carbons (Fsp3) is 0.182. The maximum atomic E-state index is 11.1. The Morgan fingerprint density at radius 2 is 2.07 bits per heavy atom. The van der Waals surface area contributed by atoms with E-state index in [4.69, 9.17) is 11.6 Å². The summed E-state index contributed by atoms with van der Waals surface area (Å²) >= 11 is 5.74. The summed E-state index contributed by atoms with van der Waals surface area (Å²) < 4.78 is 0. The number of carbonyl (C=O) groups is 1. The maximum Gasteiger partial charge on any atom is 0.223 e. The zero-order valence-corrected chi connectivity index (χ0v) is 8.79. The molecule has 3 heteroatoms. The zero-order valence-electron chi connectivity index (χ0n) is 8.03. The number of rotatable bonds is 3. The molecule has 1 aromatic rings. The molecular weight excluding hydrogens is 198 g/mol. The maximum absolute atomic E-state index is 11.1. The molecule has 2 nitrogen and oxygen atoms in total. The van der Waals surface area contributed by atoms with Crippen LogP contribution in [0.4, 0.5) is 0 Å². The number of hydrogen-bond acceptors (Lipinski definition) is 1. The van der Waals surface area contributed by atoms with Gasteiger partial charge in [-0.2, -0.15) is 0 Å². The van der Waals surface area contributed by atoms with Gasteiger partial charge in [0.05, 0.1) is 6.54 Å². The quantitative estimate of drug-likeness (QED) is 0.750. The van der Waals surface area contributed by atoms with Crippen LogP contribution >= 0.6 is 11.6 Å². The highest BCUT2D eigenvalue weighted by atomic mass is 35.5. The minimum absolute atomic E-state index is 0.0186. The summed E-state index contributed by atoms with van der Waals surface area (Å²) in [7, 11) is 0. The van der Waals surface area contributed by atoms with E-state index >= 15 is 0 Å². The predicted octanol–water partition coefficient (Wildman–Crippen LogP) is 2.83. The van der Waals surface area contributed by atoms with Gasteiger partial charge < -0.3 is 4.90 Å². The second kappa shape index (κ2) is 4.82. The van der Waals surface area contributed by atoms with Gasteiger partial charge in [-0.1, -0.05) is 30.3 Å². The van der Waals surface area contributed by atoms with Crippen LogP contribution < -0.4 is 0 Å². The Kier molecular flexibility index (Phi) is 3.72. The van der Waals surface area contributed by atoms with Crippen molar-refractivity contribution in [2.75, 3.05) is 0 Å². The molecule has 0 N–H and O–H groups in total. The largest absolute Gasteiger partial charge is 0.316 e. The number of halogens is 1. The molecule has 1 amide bonds. The Labute approximate surface area is 88.8 Å². The van der Waals surface area contributed by atoms with Crippen molar-refractivity contribution in [1.82, 2.24) is 4.90 Å². The second-order valence-electron chi connectivity index (χ2n) is 2.96. The summed E-state index contributed by atoms with van der Waals surface area (Å²) in [6.07, 6.45) is 1.52. The van der Waals surface area contributed by atoms with E-state index in [1.165, 1.54) is 13.1 Å². The molecule has 74 valence electrons. The number of benzene rings is 1. The van der Waals surface area contributed by atoms with E-state index in [1.807, 2.05) is 12.1 Å². The number of amides is 1. The van der Waals surface area contributed by atoms with Gasteiger partial charge in [0.1, 0.15) is 0 Å². The third-order valence-electron chi connectivity index (χ3n) is 1.89. The lowest BCUT2D eigenvalue weighted by atomic mass is 10.2. The SMILES string of the molecule is C=CN(Cc1ccc(Cl)cc1)C(C)=O. The highest BCUT2D eigenvalue weighted by Gasteiger charge is 2.04. The van der Waals surface area contributed by atoms with E-state index in [-0.39, 0.29) is 5.91 Å². The Morgan fingerprint density at radius 3 is 2.50 bits per heavy atom. The molecule has 0 aliphatic carbocycles. The first-order chi connectivity index (χ1) is 6.63. The molecule has 0 atom stereocenters. The first-order valence-corrected chi connectivity index (χ1v) is 4.65. The lowest BCUT2D eigenvalue weighted by Gasteiger charge is -2.15. The van der Waals surface area contributed by atoms with Crippen LogP contribution in [0.3, 0.4) is 0 Å². The topological polar surface area (TPSA) is 20.3 Å². The van der Waals surface area contributed by atoms with E-state index in [0.717, 1.165) is 5.56 Å². The minimum Gasteiger partial charge on any atom is -0.316 e. The van der Waals surface area contributed by atoms with E-state index < -0.39 is 0 Å². The van der Waals surface area contributed by atoms with Gasteiger partial charge in [0.25, 0.3) is 0 Å². The molecule has 0 radical (unpaired) electrons. The van der Waals surface area contributed by atoms with Gasteiger partial charge in [-0.05, 0) is 23.9 Å². The lowest BCUT2D eigenvalue weighted by Crippen LogP contribution is -2.21. The highest BCUT2D eigenvalue weighted by molar-refractivity contribution is 6.30. The summed E-state index contributed by atoms with van der Waals surface area (Å²) in [5, 5.41) is 0.696. The molecule has 0 heterocycles. The van der Waals surface area contributed by atoms with Crippen molar-refractivity contribution in [3.63, 3.8) is 0 Å². The number of nitrogens with zero attached hydrogens (tertiary/aromatic N) is 1. The molecule has 0 spiro atoms. The fourth-order valence-electron chi connectivity index (χ4n) is 1.09. The number of carbonyl (C=O) groups excluding carboxylic acids is 1. The fourth-order valence-corrected chi connectivity index (χ4v) is 1.22. The molecule has 14 heavy (non-hydrogen) atoms. The average Bonchev–Trinajstić information content (AvgIpc) is 2.16. The molecule has 0 aliphatic rings. The van der Waals surface area contributed by atoms with Crippen LogP contribution in [0, 0.1) is 0 Å². The Hall–Kier alpha value is -1.28. The lowest BCUT2D eigenvalue weighted by molar-refractivity contribution is -0.126. The summed E-state index contributed by atoms with van der Waals surface area (Å²) in [5.74, 6) is -0.0186. The monoisotopic (exact) mass is 209 g/mol. The van der Waals surface area contributed by atoms with Crippen LogP contribution in [-0.4, -0.2) is 10.8 Å². The molecule has 0 saturated heterocycles. The normalized spacial score (nSPS) is 9.57. The van der Waals surface area contributed by atoms with E-state index in [9.17, 15) is 4.79 Å². The van der Waals surface area contributed by atoms with Gasteiger partial charge in [-0.3, -0.25) is 4.79 Å². The highest BCUT2D eigenvalue weighted by Crippen LogP contribution is 2.11. The van der Waals surface area contributed by atoms with Crippen molar-refractivity contribution >= 4 is 17.5 Å². The zero-order chi connectivity index (χ0) is 10.6. The molecule has 0 aromatic heterocycles. The van der Waals surface area contributed by atoms with E-state index in [2.05, 4.69) is 6.58 Å². The van der Waals surface area contributed by atoms with Gasteiger partial charge in [0.2, 0.25) is 5.91 Å². The smallest absolute Gasteiger partial charge is 0.223 e. The van der Waals surface area contributed by atoms with Crippen molar-refractivity contribution in [2.24, 2.45) is 0 Å². The molecule has 1 aromatic carbocycles. The van der Waals surface area contributed by atoms with Gasteiger partial charge in [0.15, 0.2) is 0 Å². The number of hydrogen-bond donors (Lipinski definition) is 0. The van der Waals surface area contributed by atoms with Gasteiger partial charge >= 0.3 is 0 Å². The molecule has 1 rings (SSSR count). The van der Waals surface area contributed by atoms with Gasteiger partial charge in [-0.25, -0.2) is 0 Å². The van der Waals surface area contributed by atoms with E-state index in [0.29, 0.717) is 11.6 Å². The summed E-state index contributed by atoms with van der Waals surface area (Å²) in [6, 6.07) is 7.39. The Balaban J connectivity index is 2.72. The van der Waals surface area contributed by atoms with Crippen LogP contribution in [0.2, 0.25) is 5.02 Å². The van der Waals surface area contributed by atoms with Crippen molar-refractivity contribution in [3.8, 4) is 0 Å². The molecule has 0 aliphatic heterocycles. The molecular formula is C11H12ClNO. The predicted molar refractivity (Wildman–Crippen MR) is 57.9 cm³/mol. The first-order valence-electron chi connectivity index (χ1n) is 4.27. The van der Waals surface area contributed by atoms with E-state index in [1.54, 1.807) is 17.0 Å². The molecule has 0 fully saturated rings. The molecule has 0 bridgehead atoms. The average molecular weight is 210 g/mol. The van der Waals surface area contributed by atoms with Crippen LogP contribution in [0.5, 0.6) is 0 Å².